The third kappa shape index (κ3) is 2.49. The van der Waals surface area contributed by atoms with Crippen molar-refractivity contribution in [2.45, 2.75) is 25.0 Å². The largest absolute Gasteiger partial charge is 0.378 e. The number of amides is 1. The minimum Gasteiger partial charge on any atom is -0.378 e. The molecule has 0 aliphatic carbocycles. The van der Waals surface area contributed by atoms with Crippen molar-refractivity contribution in [2.24, 2.45) is 0 Å². The average Bonchev–Trinajstić information content (AvgIpc) is 2.73. The number of rotatable bonds is 2. The summed E-state index contributed by atoms with van der Waals surface area (Å²) in [5, 5.41) is 12.3. The molecule has 0 bridgehead atoms. The van der Waals surface area contributed by atoms with E-state index >= 15 is 0 Å². The van der Waals surface area contributed by atoms with Crippen LogP contribution in [0.5, 0.6) is 0 Å². The van der Waals surface area contributed by atoms with E-state index in [1.807, 2.05) is 4.90 Å². The lowest BCUT2D eigenvalue weighted by atomic mass is 10.0. The van der Waals surface area contributed by atoms with E-state index in [4.69, 9.17) is 0 Å². The van der Waals surface area contributed by atoms with Crippen LogP contribution < -0.4 is 10.2 Å². The van der Waals surface area contributed by atoms with Gasteiger partial charge in [-0.1, -0.05) is 0 Å². The fourth-order valence-corrected chi connectivity index (χ4v) is 3.12. The maximum atomic E-state index is 14.3. The van der Waals surface area contributed by atoms with Crippen LogP contribution in [0.4, 0.5) is 15.8 Å². The van der Waals surface area contributed by atoms with Gasteiger partial charge in [0.2, 0.25) is 0 Å². The van der Waals surface area contributed by atoms with Gasteiger partial charge in [0.15, 0.2) is 6.10 Å². The molecule has 1 aromatic rings. The van der Waals surface area contributed by atoms with E-state index in [2.05, 4.69) is 24.3 Å². The normalized spacial score (nSPS) is 22.6. The van der Waals surface area contributed by atoms with Crippen LogP contribution in [0.1, 0.15) is 24.5 Å². The molecule has 6 heteroatoms. The van der Waals surface area contributed by atoms with Gasteiger partial charge in [-0.05, 0) is 39.1 Å². The monoisotopic (exact) mass is 293 g/mol. The number of carbonyl (C=O) groups excluding carboxylic acids is 1. The van der Waals surface area contributed by atoms with Gasteiger partial charge in [0.25, 0.3) is 5.91 Å². The van der Waals surface area contributed by atoms with Crippen LogP contribution in [0.2, 0.25) is 0 Å². The van der Waals surface area contributed by atoms with Crippen LogP contribution in [-0.2, 0) is 4.79 Å². The van der Waals surface area contributed by atoms with Gasteiger partial charge in [-0.25, -0.2) is 4.39 Å². The van der Waals surface area contributed by atoms with Crippen LogP contribution in [-0.4, -0.2) is 49.1 Å². The summed E-state index contributed by atoms with van der Waals surface area (Å²) in [5.74, 6) is -0.875. The van der Waals surface area contributed by atoms with E-state index in [0.29, 0.717) is 23.0 Å². The van der Waals surface area contributed by atoms with Gasteiger partial charge in [-0.15, -0.1) is 0 Å². The van der Waals surface area contributed by atoms with Crippen molar-refractivity contribution in [1.82, 2.24) is 4.90 Å². The molecule has 2 aliphatic rings. The Morgan fingerprint density at radius 3 is 2.62 bits per heavy atom. The molecule has 1 unspecified atom stereocenters. The van der Waals surface area contributed by atoms with Crippen LogP contribution in [0, 0.1) is 5.82 Å². The average molecular weight is 293 g/mol. The van der Waals surface area contributed by atoms with Gasteiger partial charge in [0.05, 0.1) is 5.69 Å². The Morgan fingerprint density at radius 2 is 2.00 bits per heavy atom. The number of halogens is 1. The number of hydrogen-bond acceptors (Lipinski definition) is 4. The lowest BCUT2D eigenvalue weighted by Crippen LogP contribution is -2.42. The molecule has 2 N–H and O–H groups in total. The Morgan fingerprint density at radius 1 is 1.33 bits per heavy atom. The zero-order valence-electron chi connectivity index (χ0n) is 12.3. The first-order chi connectivity index (χ1) is 9.97. The number of carbonyl (C=O) groups is 1. The number of aliphatic hydroxyl groups excluding tert-OH is 1. The van der Waals surface area contributed by atoms with Gasteiger partial charge in [0.1, 0.15) is 5.82 Å². The Labute approximate surface area is 123 Å². The highest BCUT2D eigenvalue weighted by Crippen LogP contribution is 2.36. The quantitative estimate of drug-likeness (QED) is 0.864. The van der Waals surface area contributed by atoms with Gasteiger partial charge in [-0.3, -0.25) is 4.79 Å². The first-order valence-electron chi connectivity index (χ1n) is 7.21. The molecule has 114 valence electrons. The molecule has 0 spiro atoms. The highest BCUT2D eigenvalue weighted by molar-refractivity contribution is 6.02. The van der Waals surface area contributed by atoms with E-state index in [-0.39, 0.29) is 5.82 Å². The van der Waals surface area contributed by atoms with Crippen LogP contribution >= 0.6 is 0 Å². The van der Waals surface area contributed by atoms with Crippen LogP contribution in [0.3, 0.4) is 0 Å². The molecule has 2 aliphatic heterocycles. The first-order valence-corrected chi connectivity index (χ1v) is 7.21. The van der Waals surface area contributed by atoms with E-state index in [9.17, 15) is 14.3 Å². The molecule has 21 heavy (non-hydrogen) atoms. The maximum absolute atomic E-state index is 14.3. The minimum atomic E-state index is -1.26. The van der Waals surface area contributed by atoms with Gasteiger partial charge >= 0.3 is 0 Å². The summed E-state index contributed by atoms with van der Waals surface area (Å²) in [6, 6.07) is 3.43. The molecule has 2 heterocycles. The molecule has 1 amide bonds. The Bertz CT molecular complexity index is 568. The number of nitrogens with zero attached hydrogens (tertiary/aromatic N) is 2. The number of hydrogen-bond donors (Lipinski definition) is 2. The molecular weight excluding hydrogens is 273 g/mol. The lowest BCUT2D eigenvalue weighted by molar-refractivity contribution is -0.123. The van der Waals surface area contributed by atoms with Crippen LogP contribution in [0.15, 0.2) is 12.1 Å². The second-order valence-corrected chi connectivity index (χ2v) is 5.96. The molecule has 0 radical (unpaired) electrons. The van der Waals surface area contributed by atoms with E-state index in [0.717, 1.165) is 25.9 Å². The van der Waals surface area contributed by atoms with E-state index in [1.165, 1.54) is 6.07 Å². The standard InChI is InChI=1S/C15H20FN3O2/c1-18(2)9-3-5-19(6-4-9)13-8-12-10(7-11(13)16)14(20)15(21)17-12/h7-9,14,20H,3-6H2,1-2H3,(H,17,21). The highest BCUT2D eigenvalue weighted by atomic mass is 19.1. The van der Waals surface area contributed by atoms with Crippen LogP contribution in [0.25, 0.3) is 0 Å². The number of benzene rings is 1. The predicted molar refractivity (Wildman–Crippen MR) is 78.9 cm³/mol. The number of piperidine rings is 1. The second kappa shape index (κ2) is 5.27. The van der Waals surface area contributed by atoms with Gasteiger partial charge in [-0.2, -0.15) is 0 Å². The third-order valence-corrected chi connectivity index (χ3v) is 4.46. The third-order valence-electron chi connectivity index (χ3n) is 4.46. The molecule has 0 aromatic heterocycles. The molecular formula is C15H20FN3O2. The topological polar surface area (TPSA) is 55.8 Å². The molecule has 1 aromatic carbocycles. The lowest BCUT2D eigenvalue weighted by Gasteiger charge is -2.36. The summed E-state index contributed by atoms with van der Waals surface area (Å²) >= 11 is 0. The Balaban J connectivity index is 1.82. The zero-order valence-corrected chi connectivity index (χ0v) is 12.3. The summed E-state index contributed by atoms with van der Waals surface area (Å²) < 4.78 is 14.3. The number of aliphatic hydroxyl groups is 1. The SMILES string of the molecule is CN(C)C1CCN(c2cc3c(cc2F)C(O)C(=O)N3)CC1. The highest BCUT2D eigenvalue weighted by Gasteiger charge is 2.31. The molecule has 1 saturated heterocycles. The first kappa shape index (κ1) is 14.3. The summed E-state index contributed by atoms with van der Waals surface area (Å²) in [4.78, 5) is 15.7. The molecule has 5 nitrogen and oxygen atoms in total. The number of nitrogens with one attached hydrogen (secondary N) is 1. The number of anilines is 2. The molecule has 1 atom stereocenters. The second-order valence-electron chi connectivity index (χ2n) is 5.96. The maximum Gasteiger partial charge on any atom is 0.257 e. The van der Waals surface area contributed by atoms with Gasteiger partial charge in [0, 0.05) is 30.4 Å². The summed E-state index contributed by atoms with van der Waals surface area (Å²) in [5.41, 5.74) is 1.34. The van der Waals surface area contributed by atoms with Crippen molar-refractivity contribution < 1.29 is 14.3 Å². The van der Waals surface area contributed by atoms with Crippen molar-refractivity contribution in [2.75, 3.05) is 37.4 Å². The predicted octanol–water partition coefficient (Wildman–Crippen LogP) is 1.34. The number of fused-ring (bicyclic) bond motifs is 1. The molecule has 3 rings (SSSR count). The minimum absolute atomic E-state index is 0.324. The Hall–Kier alpha value is -1.66. The summed E-state index contributed by atoms with van der Waals surface area (Å²) in [7, 11) is 4.13. The smallest absolute Gasteiger partial charge is 0.257 e. The zero-order chi connectivity index (χ0) is 15.1. The van der Waals surface area contributed by atoms with E-state index in [1.54, 1.807) is 6.07 Å². The molecule has 1 fully saturated rings. The Kier molecular flexibility index (Phi) is 3.59. The fraction of sp³-hybridized carbons (Fsp3) is 0.533. The van der Waals surface area contributed by atoms with Crippen molar-refractivity contribution in [3.8, 4) is 0 Å². The fourth-order valence-electron chi connectivity index (χ4n) is 3.12. The summed E-state index contributed by atoms with van der Waals surface area (Å²) in [6.07, 6.45) is 0.708. The summed E-state index contributed by atoms with van der Waals surface area (Å²) in [6.45, 7) is 1.57. The van der Waals surface area contributed by atoms with Crippen molar-refractivity contribution in [3.05, 3.63) is 23.5 Å². The van der Waals surface area contributed by atoms with Crippen molar-refractivity contribution in [3.63, 3.8) is 0 Å². The molecule has 0 saturated carbocycles. The van der Waals surface area contributed by atoms with Crippen molar-refractivity contribution in [1.29, 1.82) is 0 Å². The van der Waals surface area contributed by atoms with Gasteiger partial charge < -0.3 is 20.2 Å². The van der Waals surface area contributed by atoms with Crippen molar-refractivity contribution >= 4 is 17.3 Å². The van der Waals surface area contributed by atoms with E-state index < -0.39 is 12.0 Å².